The van der Waals surface area contributed by atoms with Crippen LogP contribution < -0.4 is 10.5 Å². The van der Waals surface area contributed by atoms with E-state index in [0.29, 0.717) is 28.3 Å². The van der Waals surface area contributed by atoms with Crippen LogP contribution in [0.25, 0.3) is 0 Å². The second-order valence-electron chi connectivity index (χ2n) is 5.11. The van der Waals surface area contributed by atoms with Crippen LogP contribution in [0.15, 0.2) is 18.2 Å². The maximum Gasteiger partial charge on any atom is 0.156 e. The summed E-state index contributed by atoms with van der Waals surface area (Å²) in [6.07, 6.45) is 1.17. The predicted octanol–water partition coefficient (Wildman–Crippen LogP) is 3.46. The van der Waals surface area contributed by atoms with E-state index in [2.05, 4.69) is 11.8 Å². The Morgan fingerprint density at radius 2 is 2.05 bits per heavy atom. The molecule has 0 bridgehead atoms. The summed E-state index contributed by atoms with van der Waals surface area (Å²) in [6, 6.07) is 5.64. The van der Waals surface area contributed by atoms with Crippen molar-refractivity contribution in [2.24, 2.45) is 11.7 Å². The van der Waals surface area contributed by atoms with E-state index in [1.165, 1.54) is 6.42 Å². The Balaban J connectivity index is 0.00000200. The summed E-state index contributed by atoms with van der Waals surface area (Å²) < 4.78 is 5.69. The highest BCUT2D eigenvalue weighted by atomic mass is 35.5. The van der Waals surface area contributed by atoms with Crippen LogP contribution in [0.3, 0.4) is 0 Å². The number of benzene rings is 1. The summed E-state index contributed by atoms with van der Waals surface area (Å²) in [5.74, 6) is 1.18. The van der Waals surface area contributed by atoms with E-state index in [1.807, 2.05) is 6.07 Å². The number of likely N-dealkylation sites (tertiary alicyclic amines) is 1. The third kappa shape index (κ3) is 4.68. The minimum atomic E-state index is 0. The monoisotopic (exact) mass is 338 g/mol. The number of hydrogen-bond donors (Lipinski definition) is 1. The van der Waals surface area contributed by atoms with Gasteiger partial charge in [-0.15, -0.1) is 12.4 Å². The molecule has 0 spiro atoms. The van der Waals surface area contributed by atoms with Gasteiger partial charge in [0.15, 0.2) is 5.75 Å². The molecule has 6 heteroatoms. The Kier molecular flexibility index (Phi) is 7.41. The summed E-state index contributed by atoms with van der Waals surface area (Å²) in [5, 5.41) is 1.12. The minimum absolute atomic E-state index is 0. The van der Waals surface area contributed by atoms with Crippen molar-refractivity contribution in [3.8, 4) is 5.75 Å². The lowest BCUT2D eigenvalue weighted by Crippen LogP contribution is -2.31. The second-order valence-corrected chi connectivity index (χ2v) is 5.92. The molecule has 2 rings (SSSR count). The molecular formula is C14H21Cl3N2O. The van der Waals surface area contributed by atoms with E-state index in [9.17, 15) is 0 Å². The molecule has 0 aliphatic carbocycles. The first kappa shape index (κ1) is 17.9. The van der Waals surface area contributed by atoms with Gasteiger partial charge in [-0.2, -0.15) is 0 Å². The standard InChI is InChI=1S/C14H20Cl2N2O.ClH/c1-10(17)11-5-6-18(9-11)7-8-19-14-12(15)3-2-4-13(14)16;/h2-4,10-11H,5-9,17H2,1H3;1H. The highest BCUT2D eigenvalue weighted by Gasteiger charge is 2.24. The molecule has 0 aromatic heterocycles. The fourth-order valence-corrected chi connectivity index (χ4v) is 2.90. The number of hydrogen-bond acceptors (Lipinski definition) is 3. The van der Waals surface area contributed by atoms with Gasteiger partial charge >= 0.3 is 0 Å². The molecule has 3 nitrogen and oxygen atoms in total. The third-order valence-electron chi connectivity index (χ3n) is 3.63. The molecule has 2 unspecified atom stereocenters. The molecule has 1 fully saturated rings. The van der Waals surface area contributed by atoms with Crippen LogP contribution in [0.4, 0.5) is 0 Å². The van der Waals surface area contributed by atoms with Crippen molar-refractivity contribution >= 4 is 35.6 Å². The Morgan fingerprint density at radius 1 is 1.40 bits per heavy atom. The largest absolute Gasteiger partial charge is 0.489 e. The maximum atomic E-state index is 6.05. The highest BCUT2D eigenvalue weighted by Crippen LogP contribution is 2.32. The first-order valence-corrected chi connectivity index (χ1v) is 7.38. The van der Waals surface area contributed by atoms with Crippen molar-refractivity contribution in [3.05, 3.63) is 28.2 Å². The van der Waals surface area contributed by atoms with Gasteiger partial charge in [0.05, 0.1) is 10.0 Å². The Hall–Kier alpha value is -0.190. The molecule has 0 saturated carbocycles. The summed E-state index contributed by atoms with van der Waals surface area (Å²) >= 11 is 12.1. The SMILES string of the molecule is CC(N)C1CCN(CCOc2c(Cl)cccc2Cl)C1.Cl. The maximum absolute atomic E-state index is 6.05. The molecule has 0 amide bonds. The van der Waals surface area contributed by atoms with Crippen molar-refractivity contribution < 1.29 is 4.74 Å². The first-order chi connectivity index (χ1) is 9.08. The predicted molar refractivity (Wildman–Crippen MR) is 87.4 cm³/mol. The second kappa shape index (κ2) is 8.30. The third-order valence-corrected chi connectivity index (χ3v) is 4.22. The zero-order valence-corrected chi connectivity index (χ0v) is 13.8. The molecule has 0 radical (unpaired) electrons. The quantitative estimate of drug-likeness (QED) is 0.893. The van der Waals surface area contributed by atoms with Gasteiger partial charge in [-0.1, -0.05) is 29.3 Å². The van der Waals surface area contributed by atoms with E-state index >= 15 is 0 Å². The van der Waals surface area contributed by atoms with Gasteiger partial charge in [-0.3, -0.25) is 4.90 Å². The van der Waals surface area contributed by atoms with E-state index in [-0.39, 0.29) is 18.4 Å². The zero-order valence-electron chi connectivity index (χ0n) is 11.5. The van der Waals surface area contributed by atoms with Crippen LogP contribution in [-0.4, -0.2) is 37.2 Å². The first-order valence-electron chi connectivity index (χ1n) is 6.62. The van der Waals surface area contributed by atoms with Crippen molar-refractivity contribution in [2.45, 2.75) is 19.4 Å². The minimum Gasteiger partial charge on any atom is -0.489 e. The normalized spacial score (nSPS) is 20.5. The van der Waals surface area contributed by atoms with Crippen molar-refractivity contribution in [3.63, 3.8) is 0 Å². The van der Waals surface area contributed by atoms with Crippen molar-refractivity contribution in [1.29, 1.82) is 0 Å². The fraction of sp³-hybridized carbons (Fsp3) is 0.571. The zero-order chi connectivity index (χ0) is 13.8. The van der Waals surface area contributed by atoms with E-state index in [1.54, 1.807) is 12.1 Å². The Labute approximate surface area is 136 Å². The van der Waals surface area contributed by atoms with Crippen LogP contribution in [0, 0.1) is 5.92 Å². The van der Waals surface area contributed by atoms with Crippen LogP contribution in [-0.2, 0) is 0 Å². The van der Waals surface area contributed by atoms with Gasteiger partial charge in [0.25, 0.3) is 0 Å². The molecule has 1 aliphatic rings. The summed E-state index contributed by atoms with van der Waals surface area (Å²) in [5.41, 5.74) is 5.93. The average Bonchev–Trinajstić information content (AvgIpc) is 2.82. The molecular weight excluding hydrogens is 319 g/mol. The Bertz CT molecular complexity index is 409. The van der Waals surface area contributed by atoms with E-state index < -0.39 is 0 Å². The molecule has 1 heterocycles. The van der Waals surface area contributed by atoms with Crippen LogP contribution in [0.5, 0.6) is 5.75 Å². The lowest BCUT2D eigenvalue weighted by Gasteiger charge is -2.18. The number of para-hydroxylation sites is 1. The molecule has 20 heavy (non-hydrogen) atoms. The highest BCUT2D eigenvalue weighted by molar-refractivity contribution is 6.37. The summed E-state index contributed by atoms with van der Waals surface area (Å²) in [4.78, 5) is 2.37. The summed E-state index contributed by atoms with van der Waals surface area (Å²) in [6.45, 7) is 5.69. The topological polar surface area (TPSA) is 38.5 Å². The molecule has 1 aliphatic heterocycles. The lowest BCUT2D eigenvalue weighted by molar-refractivity contribution is 0.231. The van der Waals surface area contributed by atoms with Gasteiger partial charge < -0.3 is 10.5 Å². The van der Waals surface area contributed by atoms with Gasteiger partial charge in [0.1, 0.15) is 6.61 Å². The molecule has 1 saturated heterocycles. The van der Waals surface area contributed by atoms with Gasteiger partial charge in [0.2, 0.25) is 0 Å². The molecule has 1 aromatic rings. The number of ether oxygens (including phenoxy) is 1. The van der Waals surface area contributed by atoms with E-state index in [4.69, 9.17) is 33.7 Å². The molecule has 2 atom stereocenters. The number of halogens is 3. The molecule has 114 valence electrons. The number of nitrogens with zero attached hydrogens (tertiary/aromatic N) is 1. The van der Waals surface area contributed by atoms with E-state index in [0.717, 1.165) is 19.6 Å². The summed E-state index contributed by atoms with van der Waals surface area (Å²) in [7, 11) is 0. The van der Waals surface area contributed by atoms with Gasteiger partial charge in [-0.25, -0.2) is 0 Å². The Morgan fingerprint density at radius 3 is 2.60 bits per heavy atom. The number of nitrogens with two attached hydrogens (primary N) is 1. The average molecular weight is 340 g/mol. The molecule has 2 N–H and O–H groups in total. The van der Waals surface area contributed by atoms with Crippen LogP contribution in [0.2, 0.25) is 10.0 Å². The fourth-order valence-electron chi connectivity index (χ4n) is 2.39. The van der Waals surface area contributed by atoms with Crippen LogP contribution >= 0.6 is 35.6 Å². The van der Waals surface area contributed by atoms with Crippen LogP contribution in [0.1, 0.15) is 13.3 Å². The lowest BCUT2D eigenvalue weighted by atomic mass is 10.0. The molecule has 1 aromatic carbocycles. The smallest absolute Gasteiger partial charge is 0.156 e. The van der Waals surface area contributed by atoms with Crippen molar-refractivity contribution in [2.75, 3.05) is 26.2 Å². The van der Waals surface area contributed by atoms with Gasteiger partial charge in [-0.05, 0) is 37.9 Å². The number of rotatable bonds is 5. The van der Waals surface area contributed by atoms with Crippen molar-refractivity contribution in [1.82, 2.24) is 4.90 Å². The van der Waals surface area contributed by atoms with Gasteiger partial charge in [0, 0.05) is 19.1 Å².